The molecule has 0 saturated heterocycles. The van der Waals surface area contributed by atoms with Crippen molar-refractivity contribution in [2.24, 2.45) is 0 Å². The van der Waals surface area contributed by atoms with Crippen molar-refractivity contribution in [2.75, 3.05) is 6.61 Å². The zero-order valence-electron chi connectivity index (χ0n) is 10.1. The Morgan fingerprint density at radius 1 is 1.59 bits per heavy atom. The van der Waals surface area contributed by atoms with Gasteiger partial charge in [-0.2, -0.15) is 5.10 Å². The molecule has 0 radical (unpaired) electrons. The van der Waals surface area contributed by atoms with Crippen LogP contribution in [0, 0.1) is 17.0 Å². The average Bonchev–Trinajstić information content (AvgIpc) is 2.54. The van der Waals surface area contributed by atoms with E-state index in [9.17, 15) is 10.1 Å². The lowest BCUT2D eigenvalue weighted by atomic mass is 10.3. The predicted octanol–water partition coefficient (Wildman–Crippen LogP) is 3.09. The van der Waals surface area contributed by atoms with E-state index < -0.39 is 4.92 Å². The highest BCUT2D eigenvalue weighted by Crippen LogP contribution is 2.31. The van der Waals surface area contributed by atoms with Crippen molar-refractivity contribution in [1.82, 2.24) is 9.78 Å². The molecule has 0 bridgehead atoms. The van der Waals surface area contributed by atoms with Crippen LogP contribution in [0.15, 0.2) is 0 Å². The molecule has 1 aromatic heterocycles. The van der Waals surface area contributed by atoms with E-state index in [1.807, 2.05) is 13.8 Å². The molecule has 1 unspecified atom stereocenters. The van der Waals surface area contributed by atoms with Crippen LogP contribution in [0.4, 0.5) is 5.69 Å². The van der Waals surface area contributed by atoms with E-state index in [2.05, 4.69) is 5.10 Å². The number of aryl methyl sites for hydroxylation is 1. The van der Waals surface area contributed by atoms with Crippen LogP contribution in [-0.2, 0) is 4.74 Å². The maximum absolute atomic E-state index is 10.8. The summed E-state index contributed by atoms with van der Waals surface area (Å²) in [5.74, 6) is 0. The fraction of sp³-hybridized carbons (Fsp3) is 0.700. The van der Waals surface area contributed by atoms with Crippen molar-refractivity contribution in [3.63, 3.8) is 0 Å². The Hall–Kier alpha value is -1.14. The maximum atomic E-state index is 10.8. The second-order valence-electron chi connectivity index (χ2n) is 3.63. The molecule has 96 valence electrons. The number of nitro groups is 1. The van der Waals surface area contributed by atoms with E-state index >= 15 is 0 Å². The lowest BCUT2D eigenvalue weighted by Gasteiger charge is -2.16. The van der Waals surface area contributed by atoms with Gasteiger partial charge in [0.05, 0.1) is 4.92 Å². The van der Waals surface area contributed by atoms with E-state index in [1.165, 1.54) is 4.68 Å². The van der Waals surface area contributed by atoms with Crippen molar-refractivity contribution in [3.8, 4) is 0 Å². The van der Waals surface area contributed by atoms with E-state index in [1.54, 1.807) is 6.92 Å². The first kappa shape index (κ1) is 13.9. The molecule has 1 rings (SSSR count). The number of aromatic nitrogens is 2. The number of rotatable bonds is 6. The van der Waals surface area contributed by atoms with E-state index in [0.29, 0.717) is 18.7 Å². The van der Waals surface area contributed by atoms with Gasteiger partial charge in [0.2, 0.25) is 5.15 Å². The summed E-state index contributed by atoms with van der Waals surface area (Å²) in [6, 6.07) is 0. The largest absolute Gasteiger partial charge is 0.357 e. The highest BCUT2D eigenvalue weighted by Gasteiger charge is 2.27. The minimum Gasteiger partial charge on any atom is -0.357 e. The van der Waals surface area contributed by atoms with Crippen LogP contribution in [-0.4, -0.2) is 21.3 Å². The molecule has 0 spiro atoms. The Morgan fingerprint density at radius 3 is 2.65 bits per heavy atom. The minimum absolute atomic E-state index is 0.0272. The summed E-state index contributed by atoms with van der Waals surface area (Å²) in [6.07, 6.45) is 1.25. The highest BCUT2D eigenvalue weighted by molar-refractivity contribution is 6.31. The summed E-state index contributed by atoms with van der Waals surface area (Å²) in [7, 11) is 0. The van der Waals surface area contributed by atoms with Gasteiger partial charge in [-0.3, -0.25) is 10.1 Å². The number of halogens is 1. The molecular weight excluding hydrogens is 246 g/mol. The molecule has 7 heteroatoms. The van der Waals surface area contributed by atoms with Crippen LogP contribution >= 0.6 is 11.6 Å². The predicted molar refractivity (Wildman–Crippen MR) is 64.2 cm³/mol. The molecule has 1 aromatic rings. The molecule has 0 amide bonds. The summed E-state index contributed by atoms with van der Waals surface area (Å²) in [5.41, 5.74) is 0.160. The first-order valence-electron chi connectivity index (χ1n) is 5.53. The third-order valence-corrected chi connectivity index (χ3v) is 2.70. The molecule has 1 heterocycles. The van der Waals surface area contributed by atoms with E-state index in [0.717, 1.165) is 6.42 Å². The SMILES string of the molecule is CCCC(OCC)n1nc(C)c([N+](=O)[O-])c1Cl. The lowest BCUT2D eigenvalue weighted by molar-refractivity contribution is -0.385. The van der Waals surface area contributed by atoms with Crippen LogP contribution in [0.1, 0.15) is 38.6 Å². The van der Waals surface area contributed by atoms with Crippen LogP contribution in [0.25, 0.3) is 0 Å². The molecule has 17 heavy (non-hydrogen) atoms. The second-order valence-corrected chi connectivity index (χ2v) is 3.98. The molecule has 0 aromatic carbocycles. The van der Waals surface area contributed by atoms with Crippen LogP contribution in [0.3, 0.4) is 0 Å². The van der Waals surface area contributed by atoms with E-state index in [-0.39, 0.29) is 17.1 Å². The van der Waals surface area contributed by atoms with Crippen molar-refractivity contribution in [1.29, 1.82) is 0 Å². The van der Waals surface area contributed by atoms with Crippen LogP contribution in [0.5, 0.6) is 0 Å². The van der Waals surface area contributed by atoms with Crippen molar-refractivity contribution >= 4 is 17.3 Å². The second kappa shape index (κ2) is 5.97. The van der Waals surface area contributed by atoms with Crippen molar-refractivity contribution < 1.29 is 9.66 Å². The lowest BCUT2D eigenvalue weighted by Crippen LogP contribution is -2.14. The molecule has 6 nitrogen and oxygen atoms in total. The fourth-order valence-electron chi connectivity index (χ4n) is 1.62. The molecule has 0 fully saturated rings. The molecule has 1 atom stereocenters. The smallest absolute Gasteiger partial charge is 0.328 e. The quantitative estimate of drug-likeness (QED) is 0.583. The summed E-state index contributed by atoms with van der Waals surface area (Å²) >= 11 is 5.97. The number of nitrogens with zero attached hydrogens (tertiary/aromatic N) is 3. The monoisotopic (exact) mass is 261 g/mol. The third kappa shape index (κ3) is 2.95. The molecule has 0 aliphatic rings. The summed E-state index contributed by atoms with van der Waals surface area (Å²) in [6.45, 7) is 5.94. The van der Waals surface area contributed by atoms with E-state index in [4.69, 9.17) is 16.3 Å². The van der Waals surface area contributed by atoms with Gasteiger partial charge in [-0.1, -0.05) is 24.9 Å². The standard InChI is InChI=1S/C10H16ClN3O3/c1-4-6-8(17-5-2)13-10(11)9(14(15)16)7(3)12-13/h8H,4-6H2,1-3H3. The van der Waals surface area contributed by atoms with Gasteiger partial charge in [0.1, 0.15) is 5.69 Å². The van der Waals surface area contributed by atoms with Crippen LogP contribution in [0.2, 0.25) is 5.15 Å². The molecule has 0 saturated carbocycles. The van der Waals surface area contributed by atoms with Gasteiger partial charge in [-0.05, 0) is 20.3 Å². The van der Waals surface area contributed by atoms with Gasteiger partial charge in [0.15, 0.2) is 6.23 Å². The van der Waals surface area contributed by atoms with Crippen LogP contribution < -0.4 is 0 Å². The number of ether oxygens (including phenoxy) is 1. The Kier molecular flexibility index (Phi) is 4.89. The van der Waals surface area contributed by atoms with Gasteiger partial charge < -0.3 is 4.74 Å². The van der Waals surface area contributed by atoms with Crippen molar-refractivity contribution in [2.45, 2.75) is 39.8 Å². The Bertz CT molecular complexity index is 400. The number of hydrogen-bond donors (Lipinski definition) is 0. The molecule has 0 aliphatic carbocycles. The minimum atomic E-state index is -0.518. The zero-order valence-corrected chi connectivity index (χ0v) is 10.9. The summed E-state index contributed by atoms with van der Waals surface area (Å²) in [4.78, 5) is 10.3. The summed E-state index contributed by atoms with van der Waals surface area (Å²) in [5, 5.41) is 14.9. The average molecular weight is 262 g/mol. The van der Waals surface area contributed by atoms with Gasteiger partial charge in [-0.25, -0.2) is 4.68 Å². The maximum Gasteiger partial charge on any atom is 0.328 e. The summed E-state index contributed by atoms with van der Waals surface area (Å²) < 4.78 is 6.88. The van der Waals surface area contributed by atoms with Gasteiger partial charge >= 0.3 is 5.69 Å². The first-order valence-corrected chi connectivity index (χ1v) is 5.91. The van der Waals surface area contributed by atoms with Gasteiger partial charge in [0.25, 0.3) is 0 Å². The topological polar surface area (TPSA) is 70.2 Å². The molecule has 0 N–H and O–H groups in total. The van der Waals surface area contributed by atoms with Gasteiger partial charge in [0, 0.05) is 6.61 Å². The number of hydrogen-bond acceptors (Lipinski definition) is 4. The Morgan fingerprint density at radius 2 is 2.24 bits per heavy atom. The molecule has 0 aliphatic heterocycles. The Balaban J connectivity index is 3.11. The third-order valence-electron chi connectivity index (χ3n) is 2.35. The fourth-order valence-corrected chi connectivity index (χ4v) is 1.98. The normalized spacial score (nSPS) is 12.7. The first-order chi connectivity index (χ1) is 8.02. The Labute approximate surface area is 105 Å². The zero-order chi connectivity index (χ0) is 13.0. The van der Waals surface area contributed by atoms with Crippen molar-refractivity contribution in [3.05, 3.63) is 21.0 Å². The molecular formula is C10H16ClN3O3. The van der Waals surface area contributed by atoms with Gasteiger partial charge in [-0.15, -0.1) is 0 Å². The highest BCUT2D eigenvalue weighted by atomic mass is 35.5.